The quantitative estimate of drug-likeness (QED) is 0.594. The molecular formula is C15H14O3. The maximum absolute atomic E-state index is 11.7. The number of para-hydroxylation sites is 1. The zero-order valence-electron chi connectivity index (χ0n) is 10.1. The van der Waals surface area contributed by atoms with E-state index < -0.39 is 0 Å². The minimum Gasteiger partial charge on any atom is -0.493 e. The second-order valence-electron chi connectivity index (χ2n) is 3.65. The van der Waals surface area contributed by atoms with Crippen molar-refractivity contribution in [3.05, 3.63) is 60.1 Å². The molecule has 0 fully saturated rings. The highest BCUT2D eigenvalue weighted by atomic mass is 16.5. The normalized spacial score (nSPS) is 10.7. The summed E-state index contributed by atoms with van der Waals surface area (Å²) in [5.41, 5.74) is 0.874. The van der Waals surface area contributed by atoms with Crippen LogP contribution >= 0.6 is 0 Å². The number of hydrogen-bond donors (Lipinski definition) is 0. The highest BCUT2D eigenvalue weighted by Gasteiger charge is 2.04. The van der Waals surface area contributed by atoms with Crippen molar-refractivity contribution >= 4 is 11.9 Å². The number of ether oxygens (including phenoxy) is 1. The van der Waals surface area contributed by atoms with Crippen LogP contribution in [-0.2, 0) is 0 Å². The van der Waals surface area contributed by atoms with Crippen molar-refractivity contribution in [2.75, 3.05) is 6.61 Å². The number of allylic oxidation sites excluding steroid dienone is 1. The lowest BCUT2D eigenvalue weighted by molar-refractivity contribution is 0.102. The monoisotopic (exact) mass is 242 g/mol. The molecule has 92 valence electrons. The van der Waals surface area contributed by atoms with Gasteiger partial charge in [0.05, 0.1) is 12.9 Å². The van der Waals surface area contributed by atoms with Gasteiger partial charge in [-0.2, -0.15) is 0 Å². The Morgan fingerprint density at radius 1 is 1.28 bits per heavy atom. The van der Waals surface area contributed by atoms with E-state index in [1.54, 1.807) is 18.2 Å². The summed E-state index contributed by atoms with van der Waals surface area (Å²) >= 11 is 0. The third-order valence-electron chi connectivity index (χ3n) is 2.40. The van der Waals surface area contributed by atoms with Gasteiger partial charge >= 0.3 is 0 Å². The first-order valence-electron chi connectivity index (χ1n) is 5.79. The molecule has 0 N–H and O–H groups in total. The van der Waals surface area contributed by atoms with Crippen LogP contribution in [0.1, 0.15) is 23.0 Å². The number of rotatable bonds is 5. The lowest BCUT2D eigenvalue weighted by Crippen LogP contribution is -1.94. The highest BCUT2D eigenvalue weighted by molar-refractivity contribution is 6.04. The molecule has 0 amide bonds. The zero-order valence-corrected chi connectivity index (χ0v) is 10.1. The summed E-state index contributed by atoms with van der Waals surface area (Å²) in [5.74, 6) is 0.940. The highest BCUT2D eigenvalue weighted by Crippen LogP contribution is 2.19. The second kappa shape index (κ2) is 5.87. The zero-order chi connectivity index (χ0) is 12.8. The van der Waals surface area contributed by atoms with Gasteiger partial charge in [0.25, 0.3) is 0 Å². The molecule has 0 saturated carbocycles. The lowest BCUT2D eigenvalue weighted by Gasteiger charge is -2.05. The fraction of sp³-hybridized carbons (Fsp3) is 0.133. The van der Waals surface area contributed by atoms with Crippen LogP contribution in [0.3, 0.4) is 0 Å². The average Bonchev–Trinajstić information content (AvgIpc) is 2.92. The molecule has 0 radical (unpaired) electrons. The topological polar surface area (TPSA) is 39.4 Å². The maximum Gasteiger partial charge on any atom is 0.221 e. The van der Waals surface area contributed by atoms with E-state index in [4.69, 9.17) is 9.15 Å². The van der Waals surface area contributed by atoms with Crippen molar-refractivity contribution in [3.8, 4) is 5.75 Å². The third kappa shape index (κ3) is 2.88. The number of furan rings is 1. The fourth-order valence-corrected chi connectivity index (χ4v) is 1.57. The summed E-state index contributed by atoms with van der Waals surface area (Å²) in [6.07, 6.45) is 4.70. The smallest absolute Gasteiger partial charge is 0.221 e. The van der Waals surface area contributed by atoms with Gasteiger partial charge in [-0.25, -0.2) is 0 Å². The Hall–Kier alpha value is -2.29. The maximum atomic E-state index is 11.7. The predicted molar refractivity (Wildman–Crippen MR) is 69.7 cm³/mol. The largest absolute Gasteiger partial charge is 0.493 e. The van der Waals surface area contributed by atoms with Crippen LogP contribution < -0.4 is 4.74 Å². The first kappa shape index (κ1) is 12.2. The van der Waals surface area contributed by atoms with Crippen molar-refractivity contribution in [2.24, 2.45) is 0 Å². The Morgan fingerprint density at radius 3 is 2.83 bits per heavy atom. The molecule has 1 aromatic heterocycles. The van der Waals surface area contributed by atoms with Gasteiger partial charge in [-0.3, -0.25) is 4.79 Å². The molecule has 0 bridgehead atoms. The standard InChI is InChI=1S/C15H14O3/c1-2-17-14-7-4-3-6-12(14)9-10-13(16)15-8-5-11-18-15/h3-11H,2H2,1H3. The Balaban J connectivity index is 2.16. The molecule has 0 saturated heterocycles. The molecule has 3 nitrogen and oxygen atoms in total. The summed E-state index contributed by atoms with van der Waals surface area (Å²) in [4.78, 5) is 11.7. The van der Waals surface area contributed by atoms with Crippen LogP contribution in [-0.4, -0.2) is 12.4 Å². The van der Waals surface area contributed by atoms with E-state index in [9.17, 15) is 4.79 Å². The first-order valence-corrected chi connectivity index (χ1v) is 5.79. The molecule has 0 spiro atoms. The minimum absolute atomic E-state index is 0.161. The summed E-state index contributed by atoms with van der Waals surface area (Å²) < 4.78 is 10.5. The van der Waals surface area contributed by atoms with Crippen molar-refractivity contribution < 1.29 is 13.9 Å². The van der Waals surface area contributed by atoms with Crippen LogP contribution in [0.4, 0.5) is 0 Å². The van der Waals surface area contributed by atoms with Crippen molar-refractivity contribution in [1.82, 2.24) is 0 Å². The van der Waals surface area contributed by atoms with E-state index in [2.05, 4.69) is 0 Å². The van der Waals surface area contributed by atoms with Gasteiger partial charge < -0.3 is 9.15 Å². The Bertz CT molecular complexity index is 539. The van der Waals surface area contributed by atoms with Crippen LogP contribution in [0.2, 0.25) is 0 Å². The van der Waals surface area contributed by atoms with Gasteiger partial charge in [-0.1, -0.05) is 18.2 Å². The van der Waals surface area contributed by atoms with Gasteiger partial charge in [0.1, 0.15) is 5.75 Å². The molecule has 1 heterocycles. The van der Waals surface area contributed by atoms with Crippen LogP contribution in [0.25, 0.3) is 6.08 Å². The van der Waals surface area contributed by atoms with Gasteiger partial charge in [-0.05, 0) is 37.3 Å². The number of ketones is 1. The van der Waals surface area contributed by atoms with Crippen LogP contribution in [0.5, 0.6) is 5.75 Å². The number of benzene rings is 1. The molecule has 1 aromatic carbocycles. The SMILES string of the molecule is CCOc1ccccc1C=CC(=O)c1ccco1. The van der Waals surface area contributed by atoms with Crippen LogP contribution in [0.15, 0.2) is 53.2 Å². The summed E-state index contributed by atoms with van der Waals surface area (Å²) in [6, 6.07) is 10.9. The molecule has 0 atom stereocenters. The van der Waals surface area contributed by atoms with E-state index in [-0.39, 0.29) is 5.78 Å². The molecule has 0 aliphatic heterocycles. The first-order chi connectivity index (χ1) is 8.81. The summed E-state index contributed by atoms with van der Waals surface area (Å²) in [6.45, 7) is 2.52. The van der Waals surface area contributed by atoms with Crippen LogP contribution in [0, 0.1) is 0 Å². The van der Waals surface area contributed by atoms with Crippen molar-refractivity contribution in [2.45, 2.75) is 6.92 Å². The molecule has 0 aliphatic rings. The van der Waals surface area contributed by atoms with E-state index in [0.29, 0.717) is 12.4 Å². The summed E-state index contributed by atoms with van der Waals surface area (Å²) in [7, 11) is 0. The van der Waals surface area contributed by atoms with E-state index in [1.807, 2.05) is 31.2 Å². The molecule has 0 aliphatic carbocycles. The average molecular weight is 242 g/mol. The van der Waals surface area contributed by atoms with Crippen molar-refractivity contribution in [1.29, 1.82) is 0 Å². The summed E-state index contributed by atoms with van der Waals surface area (Å²) in [5, 5.41) is 0. The fourth-order valence-electron chi connectivity index (χ4n) is 1.57. The number of carbonyl (C=O) groups excluding carboxylic acids is 1. The van der Waals surface area contributed by atoms with E-state index in [0.717, 1.165) is 11.3 Å². The van der Waals surface area contributed by atoms with E-state index in [1.165, 1.54) is 12.3 Å². The number of hydrogen-bond acceptors (Lipinski definition) is 3. The van der Waals surface area contributed by atoms with Gasteiger partial charge in [-0.15, -0.1) is 0 Å². The molecular weight excluding hydrogens is 228 g/mol. The van der Waals surface area contributed by atoms with Gasteiger partial charge in [0.15, 0.2) is 5.76 Å². The Morgan fingerprint density at radius 2 is 2.11 bits per heavy atom. The van der Waals surface area contributed by atoms with Gasteiger partial charge in [0, 0.05) is 5.56 Å². The predicted octanol–water partition coefficient (Wildman–Crippen LogP) is 3.57. The van der Waals surface area contributed by atoms with E-state index >= 15 is 0 Å². The third-order valence-corrected chi connectivity index (χ3v) is 2.40. The Kier molecular flexibility index (Phi) is 3.97. The molecule has 18 heavy (non-hydrogen) atoms. The molecule has 2 rings (SSSR count). The van der Waals surface area contributed by atoms with Crippen molar-refractivity contribution in [3.63, 3.8) is 0 Å². The lowest BCUT2D eigenvalue weighted by atomic mass is 10.1. The Labute approximate surface area is 106 Å². The molecule has 3 heteroatoms. The second-order valence-corrected chi connectivity index (χ2v) is 3.65. The minimum atomic E-state index is -0.161. The van der Waals surface area contributed by atoms with Gasteiger partial charge in [0.2, 0.25) is 5.78 Å². The molecule has 0 unspecified atom stereocenters. The molecule has 2 aromatic rings. The number of carbonyl (C=O) groups is 1.